The molecule has 1 aromatic rings. The summed E-state index contributed by atoms with van der Waals surface area (Å²) >= 11 is 0. The molecule has 0 unspecified atom stereocenters. The third kappa shape index (κ3) is 2.91. The normalized spacial score (nSPS) is 16.3. The van der Waals surface area contributed by atoms with Gasteiger partial charge in [0.05, 0.1) is 4.92 Å². The molecule has 3 N–H and O–H groups in total. The van der Waals surface area contributed by atoms with E-state index >= 15 is 0 Å². The number of nitrogens with zero attached hydrogens (tertiary/aromatic N) is 1. The summed E-state index contributed by atoms with van der Waals surface area (Å²) in [5, 5.41) is 14.0. The summed E-state index contributed by atoms with van der Waals surface area (Å²) in [6, 6.07) is 4.66. The Kier molecular flexibility index (Phi) is 3.41. The number of hydrogen-bond donors (Lipinski definition) is 2. The van der Waals surface area contributed by atoms with Crippen LogP contribution in [0.3, 0.4) is 0 Å². The van der Waals surface area contributed by atoms with Gasteiger partial charge in [0.15, 0.2) is 0 Å². The quantitative estimate of drug-likeness (QED) is 0.461. The Balaban J connectivity index is 2.03. The summed E-state index contributed by atoms with van der Waals surface area (Å²) < 4.78 is 0. The molecular weight excluding hydrogens is 230 g/mol. The summed E-state index contributed by atoms with van der Waals surface area (Å²) in [6.07, 6.45) is 4.89. The third-order valence-electron chi connectivity index (χ3n) is 3.56. The van der Waals surface area contributed by atoms with Crippen LogP contribution in [0.1, 0.15) is 32.6 Å². The van der Waals surface area contributed by atoms with Gasteiger partial charge < -0.3 is 11.1 Å². The molecule has 1 fully saturated rings. The van der Waals surface area contributed by atoms with Crippen LogP contribution >= 0.6 is 0 Å². The minimum absolute atomic E-state index is 0.0397. The summed E-state index contributed by atoms with van der Waals surface area (Å²) in [4.78, 5) is 10.3. The highest BCUT2D eigenvalue weighted by Crippen LogP contribution is 2.49. The predicted molar refractivity (Wildman–Crippen MR) is 72.6 cm³/mol. The summed E-state index contributed by atoms with van der Waals surface area (Å²) in [5.41, 5.74) is 7.28. The van der Waals surface area contributed by atoms with Crippen molar-refractivity contribution in [3.05, 3.63) is 28.3 Å². The standard InChI is InChI=1S/C13H19N3O2/c1-2-3-13(4-5-13)9-15-11-6-10(14)7-12(8-11)16(17)18/h6-8,15H,2-5,9,14H2,1H3. The van der Waals surface area contributed by atoms with E-state index in [4.69, 9.17) is 5.73 Å². The van der Waals surface area contributed by atoms with E-state index < -0.39 is 4.92 Å². The number of nitro benzene ring substituents is 1. The van der Waals surface area contributed by atoms with Crippen LogP contribution < -0.4 is 11.1 Å². The second-order valence-electron chi connectivity index (χ2n) is 5.17. The van der Waals surface area contributed by atoms with Crippen LogP contribution in [0.4, 0.5) is 17.1 Å². The zero-order valence-corrected chi connectivity index (χ0v) is 10.6. The molecule has 5 nitrogen and oxygen atoms in total. The molecule has 0 aliphatic heterocycles. The molecular formula is C13H19N3O2. The van der Waals surface area contributed by atoms with Crippen molar-refractivity contribution in [2.75, 3.05) is 17.6 Å². The van der Waals surface area contributed by atoms with Gasteiger partial charge in [0.1, 0.15) is 0 Å². The zero-order valence-electron chi connectivity index (χ0n) is 10.6. The smallest absolute Gasteiger partial charge is 0.273 e. The number of nitrogens with one attached hydrogen (secondary N) is 1. The molecule has 1 saturated carbocycles. The van der Waals surface area contributed by atoms with Gasteiger partial charge in [-0.1, -0.05) is 13.3 Å². The molecule has 0 spiro atoms. The van der Waals surface area contributed by atoms with Crippen LogP contribution in [-0.4, -0.2) is 11.5 Å². The van der Waals surface area contributed by atoms with E-state index in [1.165, 1.54) is 31.7 Å². The highest BCUT2D eigenvalue weighted by Gasteiger charge is 2.41. The van der Waals surface area contributed by atoms with Gasteiger partial charge >= 0.3 is 0 Å². The highest BCUT2D eigenvalue weighted by atomic mass is 16.6. The van der Waals surface area contributed by atoms with Gasteiger partial charge in [0, 0.05) is 30.1 Å². The van der Waals surface area contributed by atoms with E-state index in [0.717, 1.165) is 12.2 Å². The molecule has 5 heteroatoms. The number of rotatable bonds is 6. The monoisotopic (exact) mass is 249 g/mol. The van der Waals surface area contributed by atoms with Gasteiger partial charge in [-0.2, -0.15) is 0 Å². The van der Waals surface area contributed by atoms with E-state index in [-0.39, 0.29) is 5.69 Å². The Morgan fingerprint density at radius 2 is 2.17 bits per heavy atom. The van der Waals surface area contributed by atoms with Gasteiger partial charge in [-0.25, -0.2) is 0 Å². The molecule has 18 heavy (non-hydrogen) atoms. The molecule has 0 aromatic heterocycles. The van der Waals surface area contributed by atoms with Crippen molar-refractivity contribution in [2.24, 2.45) is 5.41 Å². The fourth-order valence-electron chi connectivity index (χ4n) is 2.35. The molecule has 1 aromatic carbocycles. The maximum atomic E-state index is 10.7. The number of nitro groups is 1. The first-order valence-corrected chi connectivity index (χ1v) is 6.33. The Bertz CT molecular complexity index is 456. The highest BCUT2D eigenvalue weighted by molar-refractivity contribution is 5.61. The second-order valence-corrected chi connectivity index (χ2v) is 5.17. The van der Waals surface area contributed by atoms with Gasteiger partial charge in [-0.3, -0.25) is 10.1 Å². The van der Waals surface area contributed by atoms with Crippen molar-refractivity contribution in [1.29, 1.82) is 0 Å². The number of hydrogen-bond acceptors (Lipinski definition) is 4. The van der Waals surface area contributed by atoms with Gasteiger partial charge in [-0.15, -0.1) is 0 Å². The van der Waals surface area contributed by atoms with Gasteiger partial charge in [-0.05, 0) is 30.7 Å². The zero-order chi connectivity index (χ0) is 13.2. The number of benzene rings is 1. The van der Waals surface area contributed by atoms with Crippen LogP contribution in [0, 0.1) is 15.5 Å². The Labute approximate surface area is 107 Å². The average Bonchev–Trinajstić information content (AvgIpc) is 3.07. The molecule has 0 radical (unpaired) electrons. The summed E-state index contributed by atoms with van der Waals surface area (Å²) in [6.45, 7) is 3.06. The minimum atomic E-state index is -0.416. The van der Waals surface area contributed by atoms with Crippen molar-refractivity contribution < 1.29 is 4.92 Å². The van der Waals surface area contributed by atoms with Crippen molar-refractivity contribution in [3.8, 4) is 0 Å². The first kappa shape index (κ1) is 12.7. The fraction of sp³-hybridized carbons (Fsp3) is 0.538. The maximum absolute atomic E-state index is 10.7. The van der Waals surface area contributed by atoms with E-state index in [2.05, 4.69) is 12.2 Å². The first-order valence-electron chi connectivity index (χ1n) is 6.33. The maximum Gasteiger partial charge on any atom is 0.273 e. The second kappa shape index (κ2) is 4.84. The Morgan fingerprint density at radius 1 is 1.44 bits per heavy atom. The third-order valence-corrected chi connectivity index (χ3v) is 3.56. The molecule has 0 bridgehead atoms. The first-order chi connectivity index (χ1) is 8.54. The molecule has 0 saturated heterocycles. The predicted octanol–water partition coefficient (Wildman–Crippen LogP) is 3.17. The van der Waals surface area contributed by atoms with Crippen LogP contribution in [-0.2, 0) is 0 Å². The summed E-state index contributed by atoms with van der Waals surface area (Å²) in [5.74, 6) is 0. The number of non-ortho nitro benzene ring substituents is 1. The molecule has 2 rings (SSSR count). The van der Waals surface area contributed by atoms with Crippen LogP contribution in [0.2, 0.25) is 0 Å². The van der Waals surface area contributed by atoms with E-state index in [9.17, 15) is 10.1 Å². The van der Waals surface area contributed by atoms with Crippen LogP contribution in [0.5, 0.6) is 0 Å². The lowest BCUT2D eigenvalue weighted by atomic mass is 10.0. The van der Waals surface area contributed by atoms with Crippen LogP contribution in [0.15, 0.2) is 18.2 Å². The molecule has 0 atom stereocenters. The van der Waals surface area contributed by atoms with Crippen molar-refractivity contribution in [1.82, 2.24) is 0 Å². The fourth-order valence-corrected chi connectivity index (χ4v) is 2.35. The number of nitrogen functional groups attached to an aromatic ring is 1. The molecule has 0 amide bonds. The van der Waals surface area contributed by atoms with Gasteiger partial charge in [0.25, 0.3) is 5.69 Å². The number of nitrogens with two attached hydrogens (primary N) is 1. The van der Waals surface area contributed by atoms with Crippen molar-refractivity contribution in [3.63, 3.8) is 0 Å². The largest absolute Gasteiger partial charge is 0.398 e. The SMILES string of the molecule is CCCC1(CNc2cc(N)cc([N+](=O)[O-])c2)CC1. The lowest BCUT2D eigenvalue weighted by molar-refractivity contribution is -0.384. The number of anilines is 2. The minimum Gasteiger partial charge on any atom is -0.398 e. The molecule has 0 heterocycles. The van der Waals surface area contributed by atoms with E-state index in [1.807, 2.05) is 0 Å². The van der Waals surface area contributed by atoms with Crippen LogP contribution in [0.25, 0.3) is 0 Å². The van der Waals surface area contributed by atoms with E-state index in [0.29, 0.717) is 11.1 Å². The van der Waals surface area contributed by atoms with Gasteiger partial charge in [0.2, 0.25) is 0 Å². The molecule has 1 aliphatic rings. The molecule has 98 valence electrons. The summed E-state index contributed by atoms with van der Waals surface area (Å²) in [7, 11) is 0. The van der Waals surface area contributed by atoms with Crippen molar-refractivity contribution >= 4 is 17.1 Å². The molecule has 1 aliphatic carbocycles. The lowest BCUT2D eigenvalue weighted by Crippen LogP contribution is -2.15. The average molecular weight is 249 g/mol. The lowest BCUT2D eigenvalue weighted by Gasteiger charge is -2.16. The van der Waals surface area contributed by atoms with Crippen molar-refractivity contribution in [2.45, 2.75) is 32.6 Å². The van der Waals surface area contributed by atoms with E-state index in [1.54, 1.807) is 12.1 Å². The Morgan fingerprint density at radius 3 is 2.72 bits per heavy atom. The Hall–Kier alpha value is -1.78. The topological polar surface area (TPSA) is 81.2 Å².